The molecule has 0 aromatic rings. The molecule has 56 valence electrons. The molecule has 2 atom stereocenters. The van der Waals surface area contributed by atoms with Gasteiger partial charge in [-0.05, 0) is 26.4 Å². The standard InChI is InChI=1S/C6H13NO.ClH/c1-7(2)4-5-3-6(5)8;/h5-6,8H,3-4H2,1-2H3;1H. The molecule has 2 unspecified atom stereocenters. The van der Waals surface area contributed by atoms with E-state index in [-0.39, 0.29) is 18.5 Å². The van der Waals surface area contributed by atoms with E-state index in [1.807, 2.05) is 14.1 Å². The highest BCUT2D eigenvalue weighted by Gasteiger charge is 2.34. The Bertz CT molecular complexity index is 87.1. The minimum Gasteiger partial charge on any atom is -0.393 e. The zero-order valence-corrected chi connectivity index (χ0v) is 6.69. The summed E-state index contributed by atoms with van der Waals surface area (Å²) in [6.45, 7) is 1.04. The van der Waals surface area contributed by atoms with Crippen molar-refractivity contribution in [1.29, 1.82) is 0 Å². The van der Waals surface area contributed by atoms with E-state index in [1.54, 1.807) is 0 Å². The van der Waals surface area contributed by atoms with E-state index in [4.69, 9.17) is 5.11 Å². The van der Waals surface area contributed by atoms with Crippen LogP contribution >= 0.6 is 12.4 Å². The molecule has 0 bridgehead atoms. The molecule has 1 rings (SSSR count). The van der Waals surface area contributed by atoms with Crippen molar-refractivity contribution in [3.63, 3.8) is 0 Å². The van der Waals surface area contributed by atoms with E-state index < -0.39 is 0 Å². The van der Waals surface area contributed by atoms with Gasteiger partial charge in [0, 0.05) is 6.54 Å². The van der Waals surface area contributed by atoms with Gasteiger partial charge in [-0.25, -0.2) is 0 Å². The van der Waals surface area contributed by atoms with Crippen molar-refractivity contribution in [2.75, 3.05) is 20.6 Å². The molecular formula is C6H14ClNO. The Balaban J connectivity index is 0.000000640. The molecule has 0 aliphatic heterocycles. The monoisotopic (exact) mass is 151 g/mol. The van der Waals surface area contributed by atoms with E-state index in [0.29, 0.717) is 5.92 Å². The van der Waals surface area contributed by atoms with Gasteiger partial charge in [-0.1, -0.05) is 0 Å². The number of nitrogens with zero attached hydrogens (tertiary/aromatic N) is 1. The molecule has 3 heteroatoms. The number of hydrogen-bond donors (Lipinski definition) is 1. The molecule has 1 aliphatic rings. The lowest BCUT2D eigenvalue weighted by Gasteiger charge is -2.06. The summed E-state index contributed by atoms with van der Waals surface area (Å²) >= 11 is 0. The van der Waals surface area contributed by atoms with Crippen molar-refractivity contribution in [1.82, 2.24) is 4.90 Å². The maximum Gasteiger partial charge on any atom is 0.0585 e. The summed E-state index contributed by atoms with van der Waals surface area (Å²) in [5.74, 6) is 0.574. The third-order valence-electron chi connectivity index (χ3n) is 1.48. The lowest BCUT2D eigenvalue weighted by Crippen LogP contribution is -2.15. The molecule has 0 spiro atoms. The first-order valence-corrected chi connectivity index (χ1v) is 3.03. The topological polar surface area (TPSA) is 23.5 Å². The van der Waals surface area contributed by atoms with Gasteiger partial charge >= 0.3 is 0 Å². The Kier molecular flexibility index (Phi) is 3.48. The van der Waals surface area contributed by atoms with Gasteiger partial charge in [-0.2, -0.15) is 0 Å². The maximum absolute atomic E-state index is 8.85. The summed E-state index contributed by atoms with van der Waals surface area (Å²) in [6, 6.07) is 0. The van der Waals surface area contributed by atoms with E-state index in [0.717, 1.165) is 13.0 Å². The summed E-state index contributed by atoms with van der Waals surface area (Å²) in [5.41, 5.74) is 0. The molecule has 1 aliphatic carbocycles. The van der Waals surface area contributed by atoms with Crippen molar-refractivity contribution in [2.45, 2.75) is 12.5 Å². The van der Waals surface area contributed by atoms with E-state index in [1.165, 1.54) is 0 Å². The third-order valence-corrected chi connectivity index (χ3v) is 1.48. The van der Waals surface area contributed by atoms with E-state index >= 15 is 0 Å². The predicted molar refractivity (Wildman–Crippen MR) is 39.9 cm³/mol. The largest absolute Gasteiger partial charge is 0.393 e. The van der Waals surface area contributed by atoms with Gasteiger partial charge in [0.1, 0.15) is 0 Å². The highest BCUT2D eigenvalue weighted by Crippen LogP contribution is 2.29. The molecule has 0 saturated heterocycles. The zero-order valence-electron chi connectivity index (χ0n) is 5.87. The lowest BCUT2D eigenvalue weighted by molar-refractivity contribution is 0.243. The van der Waals surface area contributed by atoms with Crippen molar-refractivity contribution >= 4 is 12.4 Å². The van der Waals surface area contributed by atoms with Crippen LogP contribution < -0.4 is 0 Å². The molecule has 0 heterocycles. The second-order valence-corrected chi connectivity index (χ2v) is 2.83. The number of halogens is 1. The van der Waals surface area contributed by atoms with Crippen LogP contribution in [0, 0.1) is 5.92 Å². The Morgan fingerprint density at radius 1 is 1.56 bits per heavy atom. The Morgan fingerprint density at radius 3 is 2.11 bits per heavy atom. The van der Waals surface area contributed by atoms with Crippen LogP contribution in [0.5, 0.6) is 0 Å². The van der Waals surface area contributed by atoms with Gasteiger partial charge in [-0.15, -0.1) is 12.4 Å². The summed E-state index contributed by atoms with van der Waals surface area (Å²) in [4.78, 5) is 2.11. The Hall–Kier alpha value is 0.210. The molecule has 2 nitrogen and oxygen atoms in total. The molecule has 0 aromatic heterocycles. The molecule has 1 saturated carbocycles. The number of hydrogen-bond acceptors (Lipinski definition) is 2. The van der Waals surface area contributed by atoms with Crippen LogP contribution in [-0.2, 0) is 0 Å². The van der Waals surface area contributed by atoms with E-state index in [2.05, 4.69) is 4.90 Å². The zero-order chi connectivity index (χ0) is 6.15. The van der Waals surface area contributed by atoms with Gasteiger partial charge in [0.05, 0.1) is 6.10 Å². The van der Waals surface area contributed by atoms with Crippen molar-refractivity contribution in [3.05, 3.63) is 0 Å². The van der Waals surface area contributed by atoms with Crippen LogP contribution in [-0.4, -0.2) is 36.8 Å². The molecular weight excluding hydrogens is 138 g/mol. The molecule has 1 N–H and O–H groups in total. The summed E-state index contributed by atoms with van der Waals surface area (Å²) in [6.07, 6.45) is 1.02. The van der Waals surface area contributed by atoms with Crippen LogP contribution in [0.4, 0.5) is 0 Å². The first kappa shape index (κ1) is 9.21. The molecule has 0 aromatic carbocycles. The lowest BCUT2D eigenvalue weighted by atomic mass is 10.4. The van der Waals surface area contributed by atoms with Crippen molar-refractivity contribution in [3.8, 4) is 0 Å². The van der Waals surface area contributed by atoms with Gasteiger partial charge in [0.2, 0.25) is 0 Å². The average molecular weight is 152 g/mol. The number of rotatable bonds is 2. The normalized spacial score (nSPS) is 32.0. The molecule has 1 fully saturated rings. The quantitative estimate of drug-likeness (QED) is 0.616. The minimum absolute atomic E-state index is 0. The third kappa shape index (κ3) is 3.04. The first-order valence-electron chi connectivity index (χ1n) is 3.03. The van der Waals surface area contributed by atoms with Crippen LogP contribution in [0.1, 0.15) is 6.42 Å². The van der Waals surface area contributed by atoms with Gasteiger partial charge in [0.15, 0.2) is 0 Å². The first-order chi connectivity index (χ1) is 3.70. The SMILES string of the molecule is CN(C)CC1CC1O.Cl. The second kappa shape index (κ2) is 3.40. The number of aliphatic hydroxyl groups is 1. The fourth-order valence-corrected chi connectivity index (χ4v) is 0.897. The van der Waals surface area contributed by atoms with E-state index in [9.17, 15) is 0 Å². The Labute approximate surface area is 62.3 Å². The average Bonchev–Trinajstić information content (AvgIpc) is 2.17. The summed E-state index contributed by atoms with van der Waals surface area (Å²) < 4.78 is 0. The molecule has 9 heavy (non-hydrogen) atoms. The van der Waals surface area contributed by atoms with Crippen LogP contribution in [0.15, 0.2) is 0 Å². The second-order valence-electron chi connectivity index (χ2n) is 2.83. The van der Waals surface area contributed by atoms with Gasteiger partial charge < -0.3 is 10.0 Å². The van der Waals surface area contributed by atoms with Gasteiger partial charge in [0.25, 0.3) is 0 Å². The summed E-state index contributed by atoms with van der Waals surface area (Å²) in [7, 11) is 4.07. The number of aliphatic hydroxyl groups excluding tert-OH is 1. The van der Waals surface area contributed by atoms with Crippen LogP contribution in [0.3, 0.4) is 0 Å². The van der Waals surface area contributed by atoms with Gasteiger partial charge in [-0.3, -0.25) is 0 Å². The van der Waals surface area contributed by atoms with Crippen LogP contribution in [0.2, 0.25) is 0 Å². The smallest absolute Gasteiger partial charge is 0.0585 e. The summed E-state index contributed by atoms with van der Waals surface area (Å²) in [5, 5.41) is 8.85. The highest BCUT2D eigenvalue weighted by molar-refractivity contribution is 5.85. The molecule has 0 amide bonds. The predicted octanol–water partition coefficient (Wildman–Crippen LogP) is 0.351. The molecule has 0 radical (unpaired) electrons. The minimum atomic E-state index is 0. The fraction of sp³-hybridized carbons (Fsp3) is 1.00. The van der Waals surface area contributed by atoms with Crippen molar-refractivity contribution in [2.24, 2.45) is 5.92 Å². The Morgan fingerprint density at radius 2 is 2.00 bits per heavy atom. The van der Waals surface area contributed by atoms with Crippen LogP contribution in [0.25, 0.3) is 0 Å². The van der Waals surface area contributed by atoms with Crippen molar-refractivity contribution < 1.29 is 5.11 Å². The maximum atomic E-state index is 8.85. The highest BCUT2D eigenvalue weighted by atomic mass is 35.5. The fourth-order valence-electron chi connectivity index (χ4n) is 0.897.